The SMILES string of the molecule is C=C1CN[C@@H](C)COc2ccccc2CC(C)CNC(=O)C(CC)NC(=O)CN1. The average molecular weight is 403 g/mol. The second-order valence-electron chi connectivity index (χ2n) is 7.74. The van der Waals surface area contributed by atoms with Gasteiger partial charge in [-0.3, -0.25) is 9.59 Å². The van der Waals surface area contributed by atoms with Gasteiger partial charge in [0, 0.05) is 24.8 Å². The normalized spacial score (nSPS) is 25.3. The highest BCUT2D eigenvalue weighted by atomic mass is 16.5. The second kappa shape index (κ2) is 11.5. The van der Waals surface area contributed by atoms with E-state index in [0.29, 0.717) is 31.8 Å². The first-order valence-corrected chi connectivity index (χ1v) is 10.3. The van der Waals surface area contributed by atoms with Crippen LogP contribution in [-0.2, 0) is 16.0 Å². The van der Waals surface area contributed by atoms with Crippen molar-refractivity contribution in [2.75, 3.05) is 26.2 Å². The molecule has 7 heteroatoms. The van der Waals surface area contributed by atoms with Gasteiger partial charge in [0.05, 0.1) is 6.54 Å². The molecule has 0 saturated heterocycles. The van der Waals surface area contributed by atoms with E-state index in [2.05, 4.69) is 40.8 Å². The van der Waals surface area contributed by atoms with Crippen molar-refractivity contribution in [3.63, 3.8) is 0 Å². The van der Waals surface area contributed by atoms with Crippen LogP contribution in [-0.4, -0.2) is 50.1 Å². The minimum atomic E-state index is -0.544. The van der Waals surface area contributed by atoms with E-state index in [-0.39, 0.29) is 30.3 Å². The van der Waals surface area contributed by atoms with Gasteiger partial charge in [-0.25, -0.2) is 0 Å². The Kier molecular flexibility index (Phi) is 8.99. The van der Waals surface area contributed by atoms with Crippen molar-refractivity contribution in [2.45, 2.75) is 45.7 Å². The van der Waals surface area contributed by atoms with Crippen molar-refractivity contribution in [1.82, 2.24) is 21.3 Å². The molecule has 29 heavy (non-hydrogen) atoms. The fourth-order valence-electron chi connectivity index (χ4n) is 3.10. The van der Waals surface area contributed by atoms with Crippen LogP contribution in [0.4, 0.5) is 0 Å². The fourth-order valence-corrected chi connectivity index (χ4v) is 3.10. The van der Waals surface area contributed by atoms with Gasteiger partial charge in [0.15, 0.2) is 0 Å². The van der Waals surface area contributed by atoms with Gasteiger partial charge in [-0.2, -0.15) is 0 Å². The summed E-state index contributed by atoms with van der Waals surface area (Å²) >= 11 is 0. The first kappa shape index (κ1) is 22.7. The Balaban J connectivity index is 2.11. The van der Waals surface area contributed by atoms with Gasteiger partial charge >= 0.3 is 0 Å². The molecule has 0 fully saturated rings. The summed E-state index contributed by atoms with van der Waals surface area (Å²) in [5.41, 5.74) is 1.83. The van der Waals surface area contributed by atoms with E-state index in [1.807, 2.05) is 32.0 Å². The molecule has 0 spiro atoms. The van der Waals surface area contributed by atoms with Crippen molar-refractivity contribution in [3.05, 3.63) is 42.1 Å². The third-order valence-electron chi connectivity index (χ3n) is 4.88. The maximum Gasteiger partial charge on any atom is 0.242 e. The number of para-hydroxylation sites is 1. The Hall–Kier alpha value is -2.54. The molecule has 160 valence electrons. The minimum absolute atomic E-state index is 0.0823. The molecule has 2 rings (SSSR count). The number of ether oxygens (including phenoxy) is 1. The van der Waals surface area contributed by atoms with Gasteiger partial charge in [0.2, 0.25) is 11.8 Å². The van der Waals surface area contributed by atoms with Crippen LogP contribution >= 0.6 is 0 Å². The fraction of sp³-hybridized carbons (Fsp3) is 0.545. The molecule has 2 amide bonds. The van der Waals surface area contributed by atoms with Crippen LogP contribution < -0.4 is 26.0 Å². The summed E-state index contributed by atoms with van der Waals surface area (Å²) in [5.74, 6) is 0.715. The second-order valence-corrected chi connectivity index (χ2v) is 7.74. The molecule has 1 heterocycles. The molecule has 1 aliphatic rings. The number of carbonyl (C=O) groups excluding carboxylic acids is 2. The number of carbonyl (C=O) groups is 2. The Morgan fingerprint density at radius 1 is 1.14 bits per heavy atom. The molecule has 3 atom stereocenters. The quantitative estimate of drug-likeness (QED) is 0.569. The zero-order valence-corrected chi connectivity index (χ0v) is 17.7. The van der Waals surface area contributed by atoms with Crippen LogP contribution in [0.25, 0.3) is 0 Å². The molecular formula is C22H34N4O3. The Morgan fingerprint density at radius 3 is 2.66 bits per heavy atom. The maximum atomic E-state index is 12.5. The van der Waals surface area contributed by atoms with E-state index in [1.54, 1.807) is 0 Å². The Labute approximate surface area is 173 Å². The maximum absolute atomic E-state index is 12.5. The van der Waals surface area contributed by atoms with Crippen LogP contribution in [0.2, 0.25) is 0 Å². The minimum Gasteiger partial charge on any atom is -0.492 e. The molecule has 0 bridgehead atoms. The van der Waals surface area contributed by atoms with Crippen LogP contribution in [0, 0.1) is 5.92 Å². The van der Waals surface area contributed by atoms with E-state index in [1.165, 1.54) is 0 Å². The standard InChI is InChI=1S/C22H34N4O3/c1-5-19-22(28)25-11-15(2)10-18-8-6-7-9-20(18)29-14-17(4)23-12-16(3)24-13-21(27)26-19/h6-9,15,17,19,23-24H,3,5,10-14H2,1-2,4H3,(H,25,28)(H,26,27)/t15?,17-,19?/m0/s1. The highest BCUT2D eigenvalue weighted by Gasteiger charge is 2.20. The van der Waals surface area contributed by atoms with Crippen LogP contribution in [0.3, 0.4) is 0 Å². The summed E-state index contributed by atoms with van der Waals surface area (Å²) in [4.78, 5) is 24.6. The number of fused-ring (bicyclic) bond motifs is 1. The predicted molar refractivity (Wildman–Crippen MR) is 115 cm³/mol. The summed E-state index contributed by atoms with van der Waals surface area (Å²) in [6.07, 6.45) is 1.32. The van der Waals surface area contributed by atoms with E-state index in [9.17, 15) is 9.59 Å². The zero-order chi connectivity index (χ0) is 21.2. The van der Waals surface area contributed by atoms with E-state index in [4.69, 9.17) is 4.74 Å². The summed E-state index contributed by atoms with van der Waals surface area (Å²) in [6.45, 7) is 11.6. The predicted octanol–water partition coefficient (Wildman–Crippen LogP) is 1.35. The average Bonchev–Trinajstić information content (AvgIpc) is 2.71. The summed E-state index contributed by atoms with van der Waals surface area (Å²) in [7, 11) is 0. The molecule has 0 aromatic heterocycles. The summed E-state index contributed by atoms with van der Waals surface area (Å²) in [5, 5.41) is 12.1. The summed E-state index contributed by atoms with van der Waals surface area (Å²) < 4.78 is 6.04. The van der Waals surface area contributed by atoms with Gasteiger partial charge in [-0.1, -0.05) is 38.6 Å². The van der Waals surface area contributed by atoms with Crippen molar-refractivity contribution in [2.24, 2.45) is 5.92 Å². The third-order valence-corrected chi connectivity index (χ3v) is 4.88. The molecule has 1 aliphatic heterocycles. The lowest BCUT2D eigenvalue weighted by Gasteiger charge is -2.22. The number of benzene rings is 1. The van der Waals surface area contributed by atoms with Gasteiger partial charge in [-0.15, -0.1) is 0 Å². The summed E-state index contributed by atoms with van der Waals surface area (Å²) in [6, 6.07) is 7.59. The Morgan fingerprint density at radius 2 is 1.90 bits per heavy atom. The van der Waals surface area contributed by atoms with Crippen molar-refractivity contribution < 1.29 is 14.3 Å². The van der Waals surface area contributed by atoms with Crippen LogP contribution in [0.1, 0.15) is 32.8 Å². The van der Waals surface area contributed by atoms with E-state index in [0.717, 1.165) is 17.7 Å². The molecule has 1 aromatic carbocycles. The smallest absolute Gasteiger partial charge is 0.242 e. The number of rotatable bonds is 1. The first-order valence-electron chi connectivity index (χ1n) is 10.3. The molecule has 4 N–H and O–H groups in total. The lowest BCUT2D eigenvalue weighted by molar-refractivity contribution is -0.128. The highest BCUT2D eigenvalue weighted by Crippen LogP contribution is 2.21. The first-order chi connectivity index (χ1) is 13.9. The molecule has 0 radical (unpaired) electrons. The highest BCUT2D eigenvalue weighted by molar-refractivity contribution is 5.88. The van der Waals surface area contributed by atoms with Crippen molar-refractivity contribution in [3.8, 4) is 5.75 Å². The van der Waals surface area contributed by atoms with Gasteiger partial charge in [-0.05, 0) is 37.3 Å². The Bertz CT molecular complexity index is 707. The van der Waals surface area contributed by atoms with Gasteiger partial charge in [0.25, 0.3) is 0 Å². The molecule has 2 unspecified atom stereocenters. The number of hydrogen-bond donors (Lipinski definition) is 4. The van der Waals surface area contributed by atoms with Crippen LogP contribution in [0.5, 0.6) is 5.75 Å². The van der Waals surface area contributed by atoms with E-state index < -0.39 is 6.04 Å². The van der Waals surface area contributed by atoms with Crippen molar-refractivity contribution >= 4 is 11.8 Å². The lowest BCUT2D eigenvalue weighted by Crippen LogP contribution is -2.49. The van der Waals surface area contributed by atoms with Crippen molar-refractivity contribution in [1.29, 1.82) is 0 Å². The van der Waals surface area contributed by atoms with E-state index >= 15 is 0 Å². The van der Waals surface area contributed by atoms with Gasteiger partial charge < -0.3 is 26.0 Å². The number of nitrogens with one attached hydrogen (secondary N) is 4. The third kappa shape index (κ3) is 7.77. The number of hydrogen-bond acceptors (Lipinski definition) is 5. The lowest BCUT2D eigenvalue weighted by atomic mass is 10.00. The monoisotopic (exact) mass is 402 g/mol. The topological polar surface area (TPSA) is 91.5 Å². The largest absolute Gasteiger partial charge is 0.492 e. The number of amides is 2. The molecule has 1 aromatic rings. The van der Waals surface area contributed by atoms with Crippen LogP contribution in [0.15, 0.2) is 36.5 Å². The molecule has 0 saturated carbocycles. The van der Waals surface area contributed by atoms with Gasteiger partial charge in [0.1, 0.15) is 18.4 Å². The molecular weight excluding hydrogens is 368 g/mol. The molecule has 0 aliphatic carbocycles. The zero-order valence-electron chi connectivity index (χ0n) is 17.7. The molecule has 7 nitrogen and oxygen atoms in total.